The lowest BCUT2D eigenvalue weighted by atomic mass is 10.3. The van der Waals surface area contributed by atoms with Crippen LogP contribution in [0, 0.1) is 0 Å². The summed E-state index contributed by atoms with van der Waals surface area (Å²) in [6.45, 7) is 4.36. The second-order valence-corrected chi connectivity index (χ2v) is 3.55. The van der Waals surface area contributed by atoms with Gasteiger partial charge in [0.2, 0.25) is 0 Å². The van der Waals surface area contributed by atoms with Crippen LogP contribution in [0.2, 0.25) is 0 Å². The summed E-state index contributed by atoms with van der Waals surface area (Å²) in [7, 11) is 1.76. The zero-order valence-corrected chi connectivity index (χ0v) is 7.96. The molecule has 0 bridgehead atoms. The molecule has 1 aliphatic heterocycles. The molecule has 2 N–H and O–H groups in total. The highest BCUT2D eigenvalue weighted by Gasteiger charge is 2.17. The highest BCUT2D eigenvalue weighted by atomic mass is 16.5. The van der Waals surface area contributed by atoms with Crippen molar-refractivity contribution >= 4 is 0 Å². The summed E-state index contributed by atoms with van der Waals surface area (Å²) >= 11 is 0. The predicted molar refractivity (Wildman–Crippen MR) is 50.1 cm³/mol. The minimum atomic E-state index is 0.424. The van der Waals surface area contributed by atoms with Crippen molar-refractivity contribution in [2.45, 2.75) is 25.3 Å². The molecule has 3 heteroatoms. The summed E-state index contributed by atoms with van der Waals surface area (Å²) in [5, 5.41) is 0. The quantitative estimate of drug-likeness (QED) is 0.612. The minimum Gasteiger partial charge on any atom is -0.385 e. The molecule has 0 radical (unpaired) electrons. The Hall–Kier alpha value is -0.120. The molecule has 1 heterocycles. The molecule has 3 nitrogen and oxygen atoms in total. The lowest BCUT2D eigenvalue weighted by Gasteiger charge is -2.14. The number of ether oxygens (including phenoxy) is 1. The third-order valence-corrected chi connectivity index (χ3v) is 2.38. The Morgan fingerprint density at radius 3 is 2.92 bits per heavy atom. The molecule has 0 spiro atoms. The van der Waals surface area contributed by atoms with Gasteiger partial charge in [-0.15, -0.1) is 0 Å². The van der Waals surface area contributed by atoms with E-state index in [4.69, 9.17) is 10.5 Å². The van der Waals surface area contributed by atoms with Crippen LogP contribution in [0.3, 0.4) is 0 Å². The number of methoxy groups -OCH3 is 1. The number of hydrogen-bond acceptors (Lipinski definition) is 3. The monoisotopic (exact) mass is 172 g/mol. The first-order valence-corrected chi connectivity index (χ1v) is 4.80. The van der Waals surface area contributed by atoms with E-state index in [1.165, 1.54) is 32.4 Å². The van der Waals surface area contributed by atoms with Crippen LogP contribution in [-0.4, -0.2) is 44.3 Å². The summed E-state index contributed by atoms with van der Waals surface area (Å²) in [6.07, 6.45) is 3.58. The molecule has 0 aliphatic carbocycles. The Bertz CT molecular complexity index is 119. The van der Waals surface area contributed by atoms with Gasteiger partial charge < -0.3 is 15.4 Å². The number of hydrogen-bond donors (Lipinski definition) is 1. The van der Waals surface area contributed by atoms with Gasteiger partial charge in [0.1, 0.15) is 0 Å². The molecule has 0 saturated carbocycles. The van der Waals surface area contributed by atoms with E-state index < -0.39 is 0 Å². The number of likely N-dealkylation sites (tertiary alicyclic amines) is 1. The van der Waals surface area contributed by atoms with Crippen LogP contribution >= 0.6 is 0 Å². The molecular weight excluding hydrogens is 152 g/mol. The van der Waals surface area contributed by atoms with Crippen LogP contribution in [0.5, 0.6) is 0 Å². The predicted octanol–water partition coefficient (Wildman–Crippen LogP) is 0.446. The van der Waals surface area contributed by atoms with Crippen LogP contribution in [0.15, 0.2) is 0 Å². The first kappa shape index (κ1) is 9.96. The van der Waals surface area contributed by atoms with Crippen molar-refractivity contribution in [1.29, 1.82) is 0 Å². The molecule has 1 fully saturated rings. The Morgan fingerprint density at radius 2 is 2.33 bits per heavy atom. The van der Waals surface area contributed by atoms with E-state index in [9.17, 15) is 0 Å². The first-order valence-electron chi connectivity index (χ1n) is 4.80. The van der Waals surface area contributed by atoms with E-state index in [0.717, 1.165) is 13.2 Å². The van der Waals surface area contributed by atoms with Crippen LogP contribution in [-0.2, 0) is 4.74 Å². The highest BCUT2D eigenvalue weighted by Crippen LogP contribution is 2.07. The summed E-state index contributed by atoms with van der Waals surface area (Å²) < 4.78 is 4.98. The van der Waals surface area contributed by atoms with Gasteiger partial charge in [0.05, 0.1) is 0 Å². The minimum absolute atomic E-state index is 0.424. The number of nitrogens with two attached hydrogens (primary N) is 1. The summed E-state index contributed by atoms with van der Waals surface area (Å²) in [4.78, 5) is 2.44. The van der Waals surface area contributed by atoms with Gasteiger partial charge in [-0.3, -0.25) is 0 Å². The molecule has 12 heavy (non-hydrogen) atoms. The molecule has 0 unspecified atom stereocenters. The second kappa shape index (κ2) is 5.51. The molecule has 72 valence electrons. The molecule has 0 aromatic rings. The first-order chi connectivity index (χ1) is 5.83. The molecule has 1 rings (SSSR count). The molecular formula is C9H20N2O. The van der Waals surface area contributed by atoms with Crippen LogP contribution in [0.25, 0.3) is 0 Å². The van der Waals surface area contributed by atoms with Gasteiger partial charge in [0.25, 0.3) is 0 Å². The van der Waals surface area contributed by atoms with Crippen molar-refractivity contribution in [3.05, 3.63) is 0 Å². The standard InChI is InChI=1S/C9H20N2O/c1-12-7-3-2-5-11-6-4-9(10)8-11/h9H,2-8,10H2,1H3/t9-/m0/s1. The largest absolute Gasteiger partial charge is 0.385 e. The zero-order valence-electron chi connectivity index (χ0n) is 7.96. The number of unbranched alkanes of at least 4 members (excludes halogenated alkanes) is 1. The molecule has 1 atom stereocenters. The number of rotatable bonds is 5. The van der Waals surface area contributed by atoms with Crippen LogP contribution in [0.4, 0.5) is 0 Å². The fourth-order valence-corrected chi connectivity index (χ4v) is 1.65. The van der Waals surface area contributed by atoms with Gasteiger partial charge >= 0.3 is 0 Å². The van der Waals surface area contributed by atoms with Gasteiger partial charge in [0.15, 0.2) is 0 Å². The average Bonchev–Trinajstić information content (AvgIpc) is 2.45. The van der Waals surface area contributed by atoms with Gasteiger partial charge in [0, 0.05) is 26.3 Å². The lowest BCUT2D eigenvalue weighted by Crippen LogP contribution is -2.27. The van der Waals surface area contributed by atoms with Crippen molar-refractivity contribution in [2.75, 3.05) is 33.4 Å². The fourth-order valence-electron chi connectivity index (χ4n) is 1.65. The Labute approximate surface area is 74.9 Å². The normalized spacial score (nSPS) is 25.0. The van der Waals surface area contributed by atoms with Crippen LogP contribution < -0.4 is 5.73 Å². The SMILES string of the molecule is COCCCCN1CC[C@H](N)C1. The molecule has 0 aromatic carbocycles. The van der Waals surface area contributed by atoms with Crippen molar-refractivity contribution in [1.82, 2.24) is 4.90 Å². The summed E-state index contributed by atoms with van der Waals surface area (Å²) in [6, 6.07) is 0.424. The van der Waals surface area contributed by atoms with E-state index in [2.05, 4.69) is 4.90 Å². The van der Waals surface area contributed by atoms with E-state index in [1.807, 2.05) is 0 Å². The molecule has 0 amide bonds. The summed E-state index contributed by atoms with van der Waals surface area (Å²) in [5.41, 5.74) is 5.79. The van der Waals surface area contributed by atoms with Crippen molar-refractivity contribution in [3.8, 4) is 0 Å². The maximum absolute atomic E-state index is 5.79. The van der Waals surface area contributed by atoms with Gasteiger partial charge in [-0.1, -0.05) is 0 Å². The van der Waals surface area contributed by atoms with Crippen molar-refractivity contribution in [2.24, 2.45) is 5.73 Å². The Morgan fingerprint density at radius 1 is 1.50 bits per heavy atom. The topological polar surface area (TPSA) is 38.5 Å². The molecule has 0 aromatic heterocycles. The fraction of sp³-hybridized carbons (Fsp3) is 1.00. The highest BCUT2D eigenvalue weighted by molar-refractivity contribution is 4.77. The third-order valence-electron chi connectivity index (χ3n) is 2.38. The van der Waals surface area contributed by atoms with Crippen molar-refractivity contribution in [3.63, 3.8) is 0 Å². The second-order valence-electron chi connectivity index (χ2n) is 3.55. The molecule has 1 saturated heterocycles. The lowest BCUT2D eigenvalue weighted by molar-refractivity contribution is 0.187. The van der Waals surface area contributed by atoms with Gasteiger partial charge in [-0.2, -0.15) is 0 Å². The smallest absolute Gasteiger partial charge is 0.0462 e. The number of nitrogens with zero attached hydrogens (tertiary/aromatic N) is 1. The van der Waals surface area contributed by atoms with E-state index in [1.54, 1.807) is 7.11 Å². The van der Waals surface area contributed by atoms with E-state index in [0.29, 0.717) is 6.04 Å². The van der Waals surface area contributed by atoms with Crippen LogP contribution in [0.1, 0.15) is 19.3 Å². The van der Waals surface area contributed by atoms with Gasteiger partial charge in [-0.25, -0.2) is 0 Å². The van der Waals surface area contributed by atoms with Crippen molar-refractivity contribution < 1.29 is 4.74 Å². The summed E-state index contributed by atoms with van der Waals surface area (Å²) in [5.74, 6) is 0. The van der Waals surface area contributed by atoms with Gasteiger partial charge in [-0.05, 0) is 32.4 Å². The maximum atomic E-state index is 5.79. The maximum Gasteiger partial charge on any atom is 0.0462 e. The zero-order chi connectivity index (χ0) is 8.81. The van der Waals surface area contributed by atoms with E-state index >= 15 is 0 Å². The molecule has 1 aliphatic rings. The average molecular weight is 172 g/mol. The Kier molecular flexibility index (Phi) is 4.58. The van der Waals surface area contributed by atoms with E-state index in [-0.39, 0.29) is 0 Å². The third kappa shape index (κ3) is 3.52. The Balaban J connectivity index is 1.93.